The van der Waals surface area contributed by atoms with Crippen LogP contribution in [0.25, 0.3) is 0 Å². The summed E-state index contributed by atoms with van der Waals surface area (Å²) in [5, 5.41) is 1.54. The Balaban J connectivity index is 1.49. The van der Waals surface area contributed by atoms with Crippen LogP contribution in [0.15, 0.2) is 18.2 Å². The molecule has 0 saturated carbocycles. The summed E-state index contributed by atoms with van der Waals surface area (Å²) in [6.45, 7) is 7.19. The van der Waals surface area contributed by atoms with Crippen LogP contribution < -0.4 is 0 Å². The van der Waals surface area contributed by atoms with Gasteiger partial charge >= 0.3 is 0 Å². The number of hydrogen-bond donors (Lipinski definition) is 0. The van der Waals surface area contributed by atoms with Gasteiger partial charge in [0.1, 0.15) is 0 Å². The van der Waals surface area contributed by atoms with E-state index < -0.39 is 0 Å². The summed E-state index contributed by atoms with van der Waals surface area (Å²) in [4.78, 5) is 4.94. The summed E-state index contributed by atoms with van der Waals surface area (Å²) < 4.78 is 5.72. The lowest BCUT2D eigenvalue weighted by Crippen LogP contribution is -2.48. The molecule has 1 unspecified atom stereocenters. The van der Waals surface area contributed by atoms with Gasteiger partial charge in [-0.3, -0.25) is 9.80 Å². The molecule has 5 heteroatoms. The quantitative estimate of drug-likeness (QED) is 0.843. The van der Waals surface area contributed by atoms with E-state index in [1.807, 2.05) is 18.2 Å². The van der Waals surface area contributed by atoms with Crippen molar-refractivity contribution in [2.45, 2.75) is 25.5 Å². The highest BCUT2D eigenvalue weighted by Crippen LogP contribution is 2.26. The van der Waals surface area contributed by atoms with Gasteiger partial charge in [0.05, 0.1) is 6.10 Å². The first-order valence-corrected chi connectivity index (χ1v) is 8.47. The fourth-order valence-electron chi connectivity index (χ4n) is 3.11. The fraction of sp³-hybridized carbons (Fsp3) is 0.625. The van der Waals surface area contributed by atoms with E-state index in [-0.39, 0.29) is 0 Å². The van der Waals surface area contributed by atoms with Gasteiger partial charge in [-0.1, -0.05) is 29.3 Å². The first-order chi connectivity index (χ1) is 10.2. The molecular formula is C16H22Cl2N2O. The molecule has 0 amide bonds. The van der Waals surface area contributed by atoms with E-state index in [4.69, 9.17) is 27.9 Å². The number of piperazine rings is 1. The van der Waals surface area contributed by atoms with Crippen molar-refractivity contribution in [3.05, 3.63) is 33.8 Å². The van der Waals surface area contributed by atoms with Crippen molar-refractivity contribution in [1.29, 1.82) is 0 Å². The SMILES string of the molecule is Clc1cccc(Cl)c1CN1CCN(CC2CCCO2)CC1. The molecule has 1 atom stereocenters. The molecule has 1 aromatic carbocycles. The molecule has 0 aromatic heterocycles. The van der Waals surface area contributed by atoms with E-state index in [1.54, 1.807) is 0 Å². The van der Waals surface area contributed by atoms with Gasteiger partial charge in [0.15, 0.2) is 0 Å². The minimum atomic E-state index is 0.453. The minimum Gasteiger partial charge on any atom is -0.377 e. The largest absolute Gasteiger partial charge is 0.377 e. The van der Waals surface area contributed by atoms with E-state index in [1.165, 1.54) is 12.8 Å². The van der Waals surface area contributed by atoms with E-state index in [0.29, 0.717) is 6.10 Å². The fourth-order valence-corrected chi connectivity index (χ4v) is 3.63. The standard InChI is InChI=1S/C16H22Cl2N2O/c17-15-4-1-5-16(18)14(15)12-20-8-6-19(7-9-20)11-13-3-2-10-21-13/h1,4-5,13H,2-3,6-12H2. The topological polar surface area (TPSA) is 15.7 Å². The normalized spacial score (nSPS) is 24.6. The Labute approximate surface area is 136 Å². The molecule has 2 heterocycles. The molecule has 3 nitrogen and oxygen atoms in total. The van der Waals surface area contributed by atoms with Crippen molar-refractivity contribution in [3.8, 4) is 0 Å². The number of nitrogens with zero attached hydrogens (tertiary/aromatic N) is 2. The minimum absolute atomic E-state index is 0.453. The van der Waals surface area contributed by atoms with Crippen molar-refractivity contribution < 1.29 is 4.74 Å². The van der Waals surface area contributed by atoms with Gasteiger partial charge < -0.3 is 4.74 Å². The zero-order chi connectivity index (χ0) is 14.7. The first kappa shape index (κ1) is 15.6. The average molecular weight is 329 g/mol. The van der Waals surface area contributed by atoms with Crippen LogP contribution in [0.3, 0.4) is 0 Å². The van der Waals surface area contributed by atoms with E-state index in [2.05, 4.69) is 9.80 Å². The zero-order valence-electron chi connectivity index (χ0n) is 12.2. The van der Waals surface area contributed by atoms with Crippen LogP contribution in [-0.4, -0.2) is 55.2 Å². The van der Waals surface area contributed by atoms with Gasteiger partial charge in [-0.15, -0.1) is 0 Å². The Morgan fingerprint density at radius 3 is 2.33 bits per heavy atom. The highest BCUT2D eigenvalue weighted by Gasteiger charge is 2.23. The monoisotopic (exact) mass is 328 g/mol. The molecule has 0 spiro atoms. The molecule has 1 aromatic rings. The van der Waals surface area contributed by atoms with Crippen LogP contribution in [0.2, 0.25) is 10.0 Å². The van der Waals surface area contributed by atoms with Gasteiger partial charge in [-0.25, -0.2) is 0 Å². The molecule has 0 N–H and O–H groups in total. The van der Waals surface area contributed by atoms with Crippen molar-refractivity contribution in [3.63, 3.8) is 0 Å². The van der Waals surface area contributed by atoms with Crippen molar-refractivity contribution in [2.75, 3.05) is 39.3 Å². The second kappa shape index (κ2) is 7.30. The predicted octanol–water partition coefficient (Wildman–Crippen LogP) is 3.29. The summed E-state index contributed by atoms with van der Waals surface area (Å²) >= 11 is 12.5. The lowest BCUT2D eigenvalue weighted by molar-refractivity contribution is 0.0489. The Morgan fingerprint density at radius 1 is 1.05 bits per heavy atom. The van der Waals surface area contributed by atoms with Crippen molar-refractivity contribution in [1.82, 2.24) is 9.80 Å². The highest BCUT2D eigenvalue weighted by molar-refractivity contribution is 6.35. The van der Waals surface area contributed by atoms with Crippen LogP contribution in [-0.2, 0) is 11.3 Å². The molecule has 0 bridgehead atoms. The second-order valence-corrected chi connectivity index (χ2v) is 6.73. The van der Waals surface area contributed by atoms with Crippen LogP contribution >= 0.6 is 23.2 Å². The Bertz CT molecular complexity index is 449. The third kappa shape index (κ3) is 4.11. The predicted molar refractivity (Wildman–Crippen MR) is 87.2 cm³/mol. The average Bonchev–Trinajstić information content (AvgIpc) is 2.98. The molecular weight excluding hydrogens is 307 g/mol. The summed E-state index contributed by atoms with van der Waals surface area (Å²) in [5.74, 6) is 0. The summed E-state index contributed by atoms with van der Waals surface area (Å²) in [7, 11) is 0. The van der Waals surface area contributed by atoms with Crippen LogP contribution in [0, 0.1) is 0 Å². The van der Waals surface area contributed by atoms with Gasteiger partial charge in [0, 0.05) is 61.5 Å². The number of rotatable bonds is 4. The molecule has 21 heavy (non-hydrogen) atoms. The van der Waals surface area contributed by atoms with Crippen molar-refractivity contribution >= 4 is 23.2 Å². The van der Waals surface area contributed by atoms with Gasteiger partial charge in [0.25, 0.3) is 0 Å². The first-order valence-electron chi connectivity index (χ1n) is 7.71. The third-order valence-electron chi connectivity index (χ3n) is 4.39. The number of hydrogen-bond acceptors (Lipinski definition) is 3. The van der Waals surface area contributed by atoms with Gasteiger partial charge in [-0.05, 0) is 25.0 Å². The molecule has 2 fully saturated rings. The van der Waals surface area contributed by atoms with Crippen molar-refractivity contribution in [2.24, 2.45) is 0 Å². The highest BCUT2D eigenvalue weighted by atomic mass is 35.5. The molecule has 2 aliphatic rings. The van der Waals surface area contributed by atoms with E-state index in [0.717, 1.165) is 61.5 Å². The maximum absolute atomic E-state index is 6.25. The van der Waals surface area contributed by atoms with Crippen LogP contribution in [0.1, 0.15) is 18.4 Å². The molecule has 0 radical (unpaired) electrons. The Hall–Kier alpha value is -0.320. The second-order valence-electron chi connectivity index (χ2n) is 5.91. The van der Waals surface area contributed by atoms with Gasteiger partial charge in [-0.2, -0.15) is 0 Å². The maximum Gasteiger partial charge on any atom is 0.0702 e. The maximum atomic E-state index is 6.25. The summed E-state index contributed by atoms with van der Waals surface area (Å²) in [6.07, 6.45) is 2.89. The Kier molecular flexibility index (Phi) is 5.41. The van der Waals surface area contributed by atoms with Crippen LogP contribution in [0.4, 0.5) is 0 Å². The van der Waals surface area contributed by atoms with Gasteiger partial charge in [0.2, 0.25) is 0 Å². The smallest absolute Gasteiger partial charge is 0.0702 e. The molecule has 116 valence electrons. The number of ether oxygens (including phenoxy) is 1. The zero-order valence-corrected chi connectivity index (χ0v) is 13.7. The number of halogens is 2. The lowest BCUT2D eigenvalue weighted by atomic mass is 10.1. The molecule has 2 saturated heterocycles. The molecule has 0 aliphatic carbocycles. The molecule has 3 rings (SSSR count). The lowest BCUT2D eigenvalue weighted by Gasteiger charge is -2.36. The Morgan fingerprint density at radius 2 is 1.71 bits per heavy atom. The van der Waals surface area contributed by atoms with E-state index >= 15 is 0 Å². The van der Waals surface area contributed by atoms with E-state index in [9.17, 15) is 0 Å². The summed E-state index contributed by atoms with van der Waals surface area (Å²) in [6, 6.07) is 5.72. The molecule has 2 aliphatic heterocycles. The third-order valence-corrected chi connectivity index (χ3v) is 5.10. The number of benzene rings is 1. The van der Waals surface area contributed by atoms with Crippen LogP contribution in [0.5, 0.6) is 0 Å². The summed E-state index contributed by atoms with van der Waals surface area (Å²) in [5.41, 5.74) is 1.05.